The van der Waals surface area contributed by atoms with E-state index >= 15 is 0 Å². The lowest BCUT2D eigenvalue weighted by Crippen LogP contribution is -2.39. The Labute approximate surface area is 201 Å². The molecule has 0 unspecified atom stereocenters. The van der Waals surface area contributed by atoms with Crippen molar-refractivity contribution in [1.82, 2.24) is 14.7 Å². The van der Waals surface area contributed by atoms with Crippen molar-refractivity contribution in [2.24, 2.45) is 0 Å². The van der Waals surface area contributed by atoms with E-state index in [1.807, 2.05) is 50.2 Å². The lowest BCUT2D eigenvalue weighted by Gasteiger charge is -2.22. The fourth-order valence-electron chi connectivity index (χ4n) is 3.69. The zero-order chi connectivity index (χ0) is 24.9. The van der Waals surface area contributed by atoms with Gasteiger partial charge in [0, 0.05) is 18.0 Å². The highest BCUT2D eigenvalue weighted by molar-refractivity contribution is 6.00. The van der Waals surface area contributed by atoms with Crippen LogP contribution in [-0.2, 0) is 10.2 Å². The van der Waals surface area contributed by atoms with Crippen molar-refractivity contribution in [1.29, 1.82) is 0 Å². The number of carbonyl (C=O) groups excluding carboxylic acids is 2. The molecule has 3 rings (SSSR count). The van der Waals surface area contributed by atoms with Gasteiger partial charge in [0.25, 0.3) is 5.91 Å². The first kappa shape index (κ1) is 25.0. The molecule has 2 aromatic carbocycles. The van der Waals surface area contributed by atoms with Gasteiger partial charge in [-0.25, -0.2) is 4.68 Å². The fourth-order valence-corrected chi connectivity index (χ4v) is 3.69. The van der Waals surface area contributed by atoms with E-state index < -0.39 is 0 Å². The molecule has 0 fully saturated rings. The van der Waals surface area contributed by atoms with Crippen LogP contribution in [0.2, 0.25) is 0 Å². The third kappa shape index (κ3) is 5.65. The number of ether oxygens (including phenoxy) is 1. The highest BCUT2D eigenvalue weighted by atomic mass is 16.5. The van der Waals surface area contributed by atoms with Crippen LogP contribution < -0.4 is 10.1 Å². The topological polar surface area (TPSA) is 76.5 Å². The molecule has 1 heterocycles. The maximum Gasteiger partial charge on any atom is 0.258 e. The molecule has 0 bridgehead atoms. The Morgan fingerprint density at radius 3 is 2.41 bits per heavy atom. The molecule has 0 radical (unpaired) electrons. The first-order valence-electron chi connectivity index (χ1n) is 11.5. The van der Waals surface area contributed by atoms with Crippen LogP contribution in [0.25, 0.3) is 5.69 Å². The number of nitrogens with zero attached hydrogens (tertiary/aromatic N) is 3. The molecule has 0 saturated heterocycles. The minimum atomic E-state index is -0.285. The molecule has 180 valence electrons. The van der Waals surface area contributed by atoms with E-state index in [1.165, 1.54) is 7.11 Å². The first-order valence-corrected chi connectivity index (χ1v) is 11.5. The average Bonchev–Trinajstić information content (AvgIpc) is 3.22. The van der Waals surface area contributed by atoms with Gasteiger partial charge in [0.05, 0.1) is 24.1 Å². The molecule has 34 heavy (non-hydrogen) atoms. The SMILES string of the molecule is CCCN(CC(=O)Nc1cc(C(C)(C)C)nn1-c1ccccc1C)C(=O)c1ccccc1OC. The summed E-state index contributed by atoms with van der Waals surface area (Å²) in [5.74, 6) is 0.538. The Kier molecular flexibility index (Phi) is 7.76. The zero-order valence-electron chi connectivity index (χ0n) is 20.9. The van der Waals surface area contributed by atoms with Crippen LogP contribution in [0.1, 0.15) is 55.7 Å². The van der Waals surface area contributed by atoms with Crippen molar-refractivity contribution >= 4 is 17.6 Å². The van der Waals surface area contributed by atoms with Crippen LogP contribution in [0.15, 0.2) is 54.6 Å². The zero-order valence-corrected chi connectivity index (χ0v) is 20.9. The number of methoxy groups -OCH3 is 1. The number of amides is 2. The van der Waals surface area contributed by atoms with Gasteiger partial charge in [0.15, 0.2) is 0 Å². The van der Waals surface area contributed by atoms with Crippen molar-refractivity contribution in [3.8, 4) is 11.4 Å². The highest BCUT2D eigenvalue weighted by Crippen LogP contribution is 2.27. The number of aromatic nitrogens is 2. The lowest BCUT2D eigenvalue weighted by atomic mass is 9.92. The van der Waals surface area contributed by atoms with Gasteiger partial charge in [-0.15, -0.1) is 0 Å². The van der Waals surface area contributed by atoms with Crippen LogP contribution in [0.4, 0.5) is 5.82 Å². The Morgan fingerprint density at radius 2 is 1.76 bits per heavy atom. The summed E-state index contributed by atoms with van der Waals surface area (Å²) in [5, 5.41) is 7.78. The van der Waals surface area contributed by atoms with Crippen molar-refractivity contribution < 1.29 is 14.3 Å². The van der Waals surface area contributed by atoms with E-state index in [0.717, 1.165) is 23.4 Å². The number of anilines is 1. The van der Waals surface area contributed by atoms with Gasteiger partial charge >= 0.3 is 0 Å². The maximum atomic E-state index is 13.2. The van der Waals surface area contributed by atoms with E-state index in [0.29, 0.717) is 23.7 Å². The molecule has 0 aliphatic heterocycles. The van der Waals surface area contributed by atoms with Crippen LogP contribution in [0, 0.1) is 6.92 Å². The Bertz CT molecular complexity index is 1160. The summed E-state index contributed by atoms with van der Waals surface area (Å²) in [7, 11) is 1.53. The summed E-state index contributed by atoms with van der Waals surface area (Å²) in [6, 6.07) is 16.8. The molecular weight excluding hydrogens is 428 g/mol. The van der Waals surface area contributed by atoms with E-state index in [-0.39, 0.29) is 23.8 Å². The fraction of sp³-hybridized carbons (Fsp3) is 0.370. The van der Waals surface area contributed by atoms with Crippen molar-refractivity contribution in [2.45, 2.75) is 46.5 Å². The highest BCUT2D eigenvalue weighted by Gasteiger charge is 2.24. The van der Waals surface area contributed by atoms with Crippen LogP contribution in [0.5, 0.6) is 5.75 Å². The van der Waals surface area contributed by atoms with Crippen molar-refractivity contribution in [2.75, 3.05) is 25.5 Å². The van der Waals surface area contributed by atoms with E-state index in [1.54, 1.807) is 27.8 Å². The number of rotatable bonds is 8. The largest absolute Gasteiger partial charge is 0.496 e. The predicted molar refractivity (Wildman–Crippen MR) is 135 cm³/mol. The van der Waals surface area contributed by atoms with Crippen LogP contribution >= 0.6 is 0 Å². The molecule has 7 nitrogen and oxygen atoms in total. The second-order valence-corrected chi connectivity index (χ2v) is 9.34. The number of hydrogen-bond donors (Lipinski definition) is 1. The van der Waals surface area contributed by atoms with Gasteiger partial charge in [0.2, 0.25) is 5.91 Å². The molecule has 0 aliphatic rings. The molecule has 3 aromatic rings. The smallest absolute Gasteiger partial charge is 0.258 e. The second kappa shape index (κ2) is 10.5. The predicted octanol–water partition coefficient (Wildman–Crippen LogP) is 4.98. The van der Waals surface area contributed by atoms with Crippen molar-refractivity contribution in [3.63, 3.8) is 0 Å². The summed E-state index contributed by atoms with van der Waals surface area (Å²) >= 11 is 0. The molecule has 7 heteroatoms. The van der Waals surface area contributed by atoms with Crippen LogP contribution in [-0.4, -0.2) is 46.7 Å². The minimum absolute atomic E-state index is 0.0749. The van der Waals surface area contributed by atoms with E-state index in [4.69, 9.17) is 9.84 Å². The number of aryl methyl sites for hydroxylation is 1. The Hall–Kier alpha value is -3.61. The van der Waals surface area contributed by atoms with Gasteiger partial charge in [0.1, 0.15) is 18.1 Å². The normalized spacial score (nSPS) is 11.2. The molecule has 2 amide bonds. The van der Waals surface area contributed by atoms with Gasteiger partial charge in [-0.3, -0.25) is 9.59 Å². The van der Waals surface area contributed by atoms with Crippen molar-refractivity contribution in [3.05, 3.63) is 71.4 Å². The Morgan fingerprint density at radius 1 is 1.09 bits per heavy atom. The first-order chi connectivity index (χ1) is 16.2. The summed E-state index contributed by atoms with van der Waals surface area (Å²) in [6.07, 6.45) is 0.726. The quantitative estimate of drug-likeness (QED) is 0.512. The van der Waals surface area contributed by atoms with Gasteiger partial charge in [-0.2, -0.15) is 5.10 Å². The van der Waals surface area contributed by atoms with Gasteiger partial charge < -0.3 is 15.0 Å². The van der Waals surface area contributed by atoms with E-state index in [2.05, 4.69) is 26.1 Å². The Balaban J connectivity index is 1.88. The number of nitrogens with one attached hydrogen (secondary N) is 1. The molecule has 0 saturated carbocycles. The molecule has 0 spiro atoms. The third-order valence-corrected chi connectivity index (χ3v) is 5.54. The summed E-state index contributed by atoms with van der Waals surface area (Å²) in [4.78, 5) is 27.9. The molecule has 1 N–H and O–H groups in total. The molecule has 0 atom stereocenters. The summed E-state index contributed by atoms with van der Waals surface area (Å²) < 4.78 is 7.11. The number of hydrogen-bond acceptors (Lipinski definition) is 4. The molecule has 1 aromatic heterocycles. The van der Waals surface area contributed by atoms with Gasteiger partial charge in [-0.05, 0) is 37.1 Å². The molecular formula is C27H34N4O3. The number of benzene rings is 2. The monoisotopic (exact) mass is 462 g/mol. The summed E-state index contributed by atoms with van der Waals surface area (Å²) in [6.45, 7) is 10.6. The molecule has 0 aliphatic carbocycles. The number of carbonyl (C=O) groups is 2. The standard InChI is InChI=1S/C27H34N4O3/c1-7-16-30(26(33)20-13-9-11-15-22(20)34-6)18-25(32)28-24-17-23(27(3,4)5)29-31(24)21-14-10-8-12-19(21)2/h8-15,17H,7,16,18H2,1-6H3,(H,28,32). The lowest BCUT2D eigenvalue weighted by molar-refractivity contribution is -0.116. The van der Waals surface area contributed by atoms with Gasteiger partial charge in [-0.1, -0.05) is 58.0 Å². The second-order valence-electron chi connectivity index (χ2n) is 9.34. The third-order valence-electron chi connectivity index (χ3n) is 5.54. The van der Waals surface area contributed by atoms with Crippen LogP contribution in [0.3, 0.4) is 0 Å². The minimum Gasteiger partial charge on any atom is -0.496 e. The van der Waals surface area contributed by atoms with E-state index in [9.17, 15) is 9.59 Å². The summed E-state index contributed by atoms with van der Waals surface area (Å²) in [5.41, 5.74) is 3.04. The number of para-hydroxylation sites is 2. The maximum absolute atomic E-state index is 13.2. The average molecular weight is 463 g/mol.